The van der Waals surface area contributed by atoms with Gasteiger partial charge in [-0.3, -0.25) is 14.4 Å². The Morgan fingerprint density at radius 1 is 1.17 bits per heavy atom. The zero-order chi connectivity index (χ0) is 13.5. The molecule has 0 radical (unpaired) electrons. The van der Waals surface area contributed by atoms with Crippen molar-refractivity contribution in [3.05, 3.63) is 0 Å². The van der Waals surface area contributed by atoms with Crippen molar-refractivity contribution in [3.63, 3.8) is 0 Å². The van der Waals surface area contributed by atoms with E-state index in [1.165, 1.54) is 14.0 Å². The molecule has 102 valence electrons. The van der Waals surface area contributed by atoms with E-state index in [4.69, 9.17) is 4.74 Å². The molecular weight excluding hydrogens is 236 g/mol. The Morgan fingerprint density at radius 2 is 1.78 bits per heavy atom. The Morgan fingerprint density at radius 3 is 2.28 bits per heavy atom. The fraction of sp³-hybridized carbons (Fsp3) is 0.750. The molecule has 0 heterocycles. The molecule has 0 bridgehead atoms. The summed E-state index contributed by atoms with van der Waals surface area (Å²) in [5.41, 5.74) is 0. The van der Waals surface area contributed by atoms with Gasteiger partial charge < -0.3 is 15.4 Å². The van der Waals surface area contributed by atoms with Gasteiger partial charge in [0.2, 0.25) is 11.8 Å². The molecule has 0 aromatic rings. The average molecular weight is 256 g/mol. The van der Waals surface area contributed by atoms with Crippen LogP contribution in [0, 0.1) is 5.92 Å². The molecule has 1 aliphatic rings. The number of carbonyl (C=O) groups is 3. The van der Waals surface area contributed by atoms with E-state index in [1.54, 1.807) is 0 Å². The van der Waals surface area contributed by atoms with Crippen molar-refractivity contribution in [1.82, 2.24) is 10.6 Å². The second-order valence-corrected chi connectivity index (χ2v) is 4.55. The summed E-state index contributed by atoms with van der Waals surface area (Å²) in [6, 6.07) is 0.0900. The zero-order valence-electron chi connectivity index (χ0n) is 10.8. The van der Waals surface area contributed by atoms with E-state index < -0.39 is 0 Å². The third-order valence-corrected chi connectivity index (χ3v) is 3.12. The standard InChI is InChI=1S/C12H20N2O4/c1-8(15)13-7-11(16)14-10-5-3-9(4-6-10)12(17)18-2/h9-10H,3-7H2,1-2H3,(H,13,15)(H,14,16). The van der Waals surface area contributed by atoms with E-state index in [2.05, 4.69) is 10.6 Å². The van der Waals surface area contributed by atoms with Crippen LogP contribution in [0.2, 0.25) is 0 Å². The molecule has 6 heteroatoms. The number of nitrogens with one attached hydrogen (secondary N) is 2. The number of methoxy groups -OCH3 is 1. The molecule has 2 N–H and O–H groups in total. The number of esters is 1. The summed E-state index contributed by atoms with van der Waals surface area (Å²) < 4.78 is 4.70. The normalized spacial score (nSPS) is 23.0. The Bertz CT molecular complexity index is 322. The number of amides is 2. The van der Waals surface area contributed by atoms with E-state index in [0.29, 0.717) is 0 Å². The summed E-state index contributed by atoms with van der Waals surface area (Å²) in [5.74, 6) is -0.622. The van der Waals surface area contributed by atoms with Gasteiger partial charge in [-0.2, -0.15) is 0 Å². The average Bonchev–Trinajstić information content (AvgIpc) is 2.36. The van der Waals surface area contributed by atoms with Crippen LogP contribution in [0.1, 0.15) is 32.6 Å². The van der Waals surface area contributed by atoms with Crippen molar-refractivity contribution in [2.45, 2.75) is 38.6 Å². The molecule has 1 saturated carbocycles. The highest BCUT2D eigenvalue weighted by atomic mass is 16.5. The Balaban J connectivity index is 2.25. The number of rotatable bonds is 4. The molecule has 6 nitrogen and oxygen atoms in total. The monoisotopic (exact) mass is 256 g/mol. The molecule has 0 saturated heterocycles. The summed E-state index contributed by atoms with van der Waals surface area (Å²) in [6.07, 6.45) is 3.01. The van der Waals surface area contributed by atoms with Crippen LogP contribution in [-0.4, -0.2) is 37.5 Å². The molecule has 0 aromatic carbocycles. The summed E-state index contributed by atoms with van der Waals surface area (Å²) in [7, 11) is 1.39. The maximum Gasteiger partial charge on any atom is 0.308 e. The zero-order valence-corrected chi connectivity index (χ0v) is 10.8. The number of ether oxygens (including phenoxy) is 1. The molecule has 1 fully saturated rings. The van der Waals surface area contributed by atoms with Gasteiger partial charge in [0.15, 0.2) is 0 Å². The number of hydrogen-bond acceptors (Lipinski definition) is 4. The lowest BCUT2D eigenvalue weighted by Gasteiger charge is -2.27. The molecule has 0 aliphatic heterocycles. The second-order valence-electron chi connectivity index (χ2n) is 4.55. The predicted molar refractivity (Wildman–Crippen MR) is 64.6 cm³/mol. The Kier molecular flexibility index (Phi) is 5.61. The first-order chi connectivity index (χ1) is 8.52. The maximum absolute atomic E-state index is 11.5. The van der Waals surface area contributed by atoms with Crippen LogP contribution >= 0.6 is 0 Å². The SMILES string of the molecule is COC(=O)C1CCC(NC(=O)CNC(C)=O)CC1. The number of hydrogen-bond donors (Lipinski definition) is 2. The van der Waals surface area contributed by atoms with E-state index >= 15 is 0 Å². The highest BCUT2D eigenvalue weighted by molar-refractivity contribution is 5.83. The van der Waals surface area contributed by atoms with Gasteiger partial charge in [0.05, 0.1) is 19.6 Å². The minimum Gasteiger partial charge on any atom is -0.469 e. The minimum absolute atomic E-state index is 0.00621. The second kappa shape index (κ2) is 6.98. The summed E-state index contributed by atoms with van der Waals surface area (Å²) >= 11 is 0. The van der Waals surface area contributed by atoms with Crippen molar-refractivity contribution < 1.29 is 19.1 Å². The van der Waals surface area contributed by atoms with Gasteiger partial charge in [-0.1, -0.05) is 0 Å². The Hall–Kier alpha value is -1.59. The molecule has 0 aromatic heterocycles. The lowest BCUT2D eigenvalue weighted by molar-refractivity contribution is -0.146. The van der Waals surface area contributed by atoms with Crippen molar-refractivity contribution in [1.29, 1.82) is 0 Å². The van der Waals surface area contributed by atoms with Crippen LogP contribution in [0.3, 0.4) is 0 Å². The van der Waals surface area contributed by atoms with E-state index in [9.17, 15) is 14.4 Å². The van der Waals surface area contributed by atoms with Crippen molar-refractivity contribution in [3.8, 4) is 0 Å². The molecular formula is C12H20N2O4. The highest BCUT2D eigenvalue weighted by Gasteiger charge is 2.27. The predicted octanol–water partition coefficient (Wildman–Crippen LogP) is -0.0295. The fourth-order valence-corrected chi connectivity index (χ4v) is 2.12. The summed E-state index contributed by atoms with van der Waals surface area (Å²) in [4.78, 5) is 33.4. The van der Waals surface area contributed by atoms with Crippen molar-refractivity contribution in [2.24, 2.45) is 5.92 Å². The van der Waals surface area contributed by atoms with E-state index in [1.807, 2.05) is 0 Å². The molecule has 0 unspecified atom stereocenters. The van der Waals surface area contributed by atoms with Crippen LogP contribution < -0.4 is 10.6 Å². The van der Waals surface area contributed by atoms with Gasteiger partial charge in [-0.05, 0) is 25.7 Å². The first-order valence-corrected chi connectivity index (χ1v) is 6.14. The van der Waals surface area contributed by atoms with Crippen LogP contribution in [0.25, 0.3) is 0 Å². The first kappa shape index (κ1) is 14.5. The molecule has 1 aliphatic carbocycles. The molecule has 2 amide bonds. The highest BCUT2D eigenvalue weighted by Crippen LogP contribution is 2.25. The smallest absolute Gasteiger partial charge is 0.308 e. The van der Waals surface area contributed by atoms with Gasteiger partial charge in [0.1, 0.15) is 0 Å². The fourth-order valence-electron chi connectivity index (χ4n) is 2.12. The third-order valence-electron chi connectivity index (χ3n) is 3.12. The van der Waals surface area contributed by atoms with Crippen LogP contribution in [0.15, 0.2) is 0 Å². The topological polar surface area (TPSA) is 84.5 Å². The molecule has 18 heavy (non-hydrogen) atoms. The van der Waals surface area contributed by atoms with Gasteiger partial charge in [-0.15, -0.1) is 0 Å². The summed E-state index contributed by atoms with van der Waals surface area (Å²) in [6.45, 7) is 1.38. The van der Waals surface area contributed by atoms with Gasteiger partial charge in [-0.25, -0.2) is 0 Å². The van der Waals surface area contributed by atoms with Crippen LogP contribution in [0.4, 0.5) is 0 Å². The number of carbonyl (C=O) groups excluding carboxylic acids is 3. The van der Waals surface area contributed by atoms with E-state index in [-0.39, 0.29) is 36.3 Å². The largest absolute Gasteiger partial charge is 0.469 e. The minimum atomic E-state index is -0.223. The van der Waals surface area contributed by atoms with Gasteiger partial charge in [0, 0.05) is 13.0 Å². The van der Waals surface area contributed by atoms with Crippen LogP contribution in [0.5, 0.6) is 0 Å². The van der Waals surface area contributed by atoms with Crippen molar-refractivity contribution in [2.75, 3.05) is 13.7 Å². The molecule has 1 rings (SSSR count). The first-order valence-electron chi connectivity index (χ1n) is 6.14. The van der Waals surface area contributed by atoms with Gasteiger partial charge >= 0.3 is 5.97 Å². The van der Waals surface area contributed by atoms with Gasteiger partial charge in [0.25, 0.3) is 0 Å². The Labute approximate surface area is 106 Å². The molecule has 0 atom stereocenters. The quantitative estimate of drug-likeness (QED) is 0.692. The maximum atomic E-state index is 11.5. The lowest BCUT2D eigenvalue weighted by Crippen LogP contribution is -2.43. The lowest BCUT2D eigenvalue weighted by atomic mass is 9.86. The van der Waals surface area contributed by atoms with Crippen LogP contribution in [-0.2, 0) is 19.1 Å². The third kappa shape index (κ3) is 4.73. The van der Waals surface area contributed by atoms with Crippen molar-refractivity contribution >= 4 is 17.8 Å². The molecule has 0 spiro atoms. The summed E-state index contributed by atoms with van der Waals surface area (Å²) in [5, 5.41) is 5.29. The van der Waals surface area contributed by atoms with E-state index in [0.717, 1.165) is 25.7 Å².